The van der Waals surface area contributed by atoms with E-state index in [1.54, 1.807) is 6.92 Å². The Morgan fingerprint density at radius 3 is 2.29 bits per heavy atom. The number of alkyl halides is 3. The molecule has 2 nitrogen and oxygen atoms in total. The maximum absolute atomic E-state index is 12.8. The van der Waals surface area contributed by atoms with E-state index in [-0.39, 0.29) is 16.6 Å². The van der Waals surface area contributed by atoms with E-state index in [0.717, 1.165) is 0 Å². The lowest BCUT2D eigenvalue weighted by Crippen LogP contribution is -2.15. The van der Waals surface area contributed by atoms with Gasteiger partial charge in [-0.2, -0.15) is 18.3 Å². The van der Waals surface area contributed by atoms with E-state index in [0.29, 0.717) is 9.39 Å². The van der Waals surface area contributed by atoms with Gasteiger partial charge in [0.15, 0.2) is 0 Å². The number of hydrogen-bond acceptors (Lipinski definition) is 1. The molecule has 0 aromatic carbocycles. The molecule has 0 fully saturated rings. The minimum Gasteiger partial charge on any atom is -0.281 e. The van der Waals surface area contributed by atoms with E-state index in [4.69, 9.17) is 7.85 Å². The molecule has 1 aromatic rings. The molecule has 1 aromatic heterocycles. The third-order valence-corrected chi connectivity index (χ3v) is 2.93. The number of aromatic nitrogens is 2. The SMILES string of the molecule is [B]/C(=C(/C(=C)C)C(F)(F)F)c1c(I)n[nH]c1C. The van der Waals surface area contributed by atoms with Gasteiger partial charge in [0.25, 0.3) is 0 Å². The van der Waals surface area contributed by atoms with Crippen molar-refractivity contribution in [2.45, 2.75) is 20.0 Å². The summed E-state index contributed by atoms with van der Waals surface area (Å²) in [7, 11) is 5.61. The van der Waals surface area contributed by atoms with Gasteiger partial charge in [0.2, 0.25) is 0 Å². The van der Waals surface area contributed by atoms with Gasteiger partial charge >= 0.3 is 6.18 Å². The van der Waals surface area contributed by atoms with E-state index in [1.165, 1.54) is 6.92 Å². The smallest absolute Gasteiger partial charge is 0.281 e. The van der Waals surface area contributed by atoms with Crippen LogP contribution in [0.4, 0.5) is 13.2 Å². The summed E-state index contributed by atoms with van der Waals surface area (Å²) in [5, 5.41) is 6.41. The molecule has 0 unspecified atom stereocenters. The monoisotopic (exact) mass is 352 g/mol. The molecule has 0 amide bonds. The van der Waals surface area contributed by atoms with E-state index >= 15 is 0 Å². The van der Waals surface area contributed by atoms with Gasteiger partial charge in [0.1, 0.15) is 11.5 Å². The van der Waals surface area contributed by atoms with Gasteiger partial charge in [-0.05, 0) is 42.0 Å². The standard InChI is InChI=1S/C10H9BF3IN2/c1-4(2)7(10(12,13)14)8(11)6-5(3)16-17-9(6)15/h1H2,2-3H3,(H,16,17)/b8-7-. The molecule has 0 spiro atoms. The van der Waals surface area contributed by atoms with Crippen LogP contribution in [0.25, 0.3) is 5.47 Å². The lowest BCUT2D eigenvalue weighted by molar-refractivity contribution is -0.0885. The molecule has 1 N–H and O–H groups in total. The molecule has 17 heavy (non-hydrogen) atoms. The van der Waals surface area contributed by atoms with Gasteiger partial charge < -0.3 is 0 Å². The van der Waals surface area contributed by atoms with Crippen LogP contribution < -0.4 is 0 Å². The Bertz CT molecular complexity index is 469. The first-order valence-corrected chi connectivity index (χ1v) is 5.67. The largest absolute Gasteiger partial charge is 0.416 e. The molecule has 90 valence electrons. The number of aryl methyl sites for hydroxylation is 1. The van der Waals surface area contributed by atoms with Crippen molar-refractivity contribution in [2.24, 2.45) is 0 Å². The Labute approximate surface area is 112 Å². The van der Waals surface area contributed by atoms with Crippen molar-refractivity contribution in [3.8, 4) is 0 Å². The van der Waals surface area contributed by atoms with Gasteiger partial charge in [-0.15, -0.1) is 0 Å². The Morgan fingerprint density at radius 2 is 2.00 bits per heavy atom. The summed E-state index contributed by atoms with van der Waals surface area (Å²) in [5.74, 6) is 0. The zero-order valence-electron chi connectivity index (χ0n) is 9.24. The average molecular weight is 352 g/mol. The zero-order chi connectivity index (χ0) is 13.4. The molecule has 2 radical (unpaired) electrons. The summed E-state index contributed by atoms with van der Waals surface area (Å²) in [6.07, 6.45) is -4.53. The van der Waals surface area contributed by atoms with Crippen molar-refractivity contribution in [3.05, 3.63) is 32.7 Å². The minimum absolute atomic E-state index is 0.119. The topological polar surface area (TPSA) is 28.7 Å². The molecule has 1 heterocycles. The fourth-order valence-corrected chi connectivity index (χ4v) is 2.28. The summed E-state index contributed by atoms with van der Waals surface area (Å²) in [6, 6.07) is 0. The van der Waals surface area contributed by atoms with Gasteiger partial charge in [0.05, 0.1) is 5.57 Å². The quantitative estimate of drug-likeness (QED) is 0.494. The summed E-state index contributed by atoms with van der Waals surface area (Å²) in [4.78, 5) is 0. The van der Waals surface area contributed by atoms with Crippen LogP contribution in [0.1, 0.15) is 18.2 Å². The van der Waals surface area contributed by atoms with Crippen LogP contribution in [0, 0.1) is 10.6 Å². The van der Waals surface area contributed by atoms with Crippen LogP contribution in [-0.4, -0.2) is 24.2 Å². The van der Waals surface area contributed by atoms with Crippen LogP contribution in [0.2, 0.25) is 0 Å². The summed E-state index contributed by atoms with van der Waals surface area (Å²) in [6.45, 7) is 6.21. The van der Waals surface area contributed by atoms with Crippen molar-refractivity contribution in [1.29, 1.82) is 0 Å². The number of nitrogens with zero attached hydrogens (tertiary/aromatic N) is 1. The number of allylic oxidation sites excluding steroid dienone is 2. The number of halogens is 4. The highest BCUT2D eigenvalue weighted by atomic mass is 127. The van der Waals surface area contributed by atoms with Crippen LogP contribution in [-0.2, 0) is 0 Å². The predicted octanol–water partition coefficient (Wildman–Crippen LogP) is 3.34. The predicted molar refractivity (Wildman–Crippen MR) is 69.6 cm³/mol. The molecular formula is C10H9BF3IN2. The summed E-state index contributed by atoms with van der Waals surface area (Å²) < 4.78 is 38.9. The van der Waals surface area contributed by atoms with E-state index in [2.05, 4.69) is 16.8 Å². The second-order valence-electron chi connectivity index (χ2n) is 3.58. The van der Waals surface area contributed by atoms with E-state index in [1.807, 2.05) is 22.6 Å². The molecule has 0 saturated heterocycles. The van der Waals surface area contributed by atoms with Crippen LogP contribution in [0.5, 0.6) is 0 Å². The molecule has 7 heteroatoms. The first kappa shape index (κ1) is 14.3. The van der Waals surface area contributed by atoms with Crippen molar-refractivity contribution in [2.75, 3.05) is 0 Å². The van der Waals surface area contributed by atoms with E-state index < -0.39 is 11.7 Å². The maximum Gasteiger partial charge on any atom is 0.416 e. The lowest BCUT2D eigenvalue weighted by atomic mass is 9.82. The fourth-order valence-electron chi connectivity index (χ4n) is 1.46. The average Bonchev–Trinajstić information content (AvgIpc) is 2.42. The third-order valence-electron chi connectivity index (χ3n) is 2.15. The van der Waals surface area contributed by atoms with Crippen molar-refractivity contribution < 1.29 is 13.2 Å². The van der Waals surface area contributed by atoms with Crippen molar-refractivity contribution in [1.82, 2.24) is 10.2 Å². The third kappa shape index (κ3) is 2.94. The van der Waals surface area contributed by atoms with Crippen LogP contribution in [0.15, 0.2) is 17.7 Å². The second kappa shape index (κ2) is 4.87. The molecule has 0 aliphatic rings. The van der Waals surface area contributed by atoms with Crippen molar-refractivity contribution >= 4 is 35.9 Å². The van der Waals surface area contributed by atoms with Crippen LogP contribution in [0.3, 0.4) is 0 Å². The number of H-pyrrole nitrogens is 1. The lowest BCUT2D eigenvalue weighted by Gasteiger charge is -2.16. The Hall–Kier alpha value is -0.725. The van der Waals surface area contributed by atoms with Gasteiger partial charge in [-0.3, -0.25) is 5.10 Å². The van der Waals surface area contributed by atoms with Crippen LogP contribution >= 0.6 is 22.6 Å². The number of nitrogens with one attached hydrogen (secondary N) is 1. The summed E-state index contributed by atoms with van der Waals surface area (Å²) >= 11 is 1.83. The van der Waals surface area contributed by atoms with Gasteiger partial charge in [0, 0.05) is 11.3 Å². The Morgan fingerprint density at radius 1 is 1.47 bits per heavy atom. The summed E-state index contributed by atoms with van der Waals surface area (Å²) in [5.41, 5.74) is -0.595. The fraction of sp³-hybridized carbons (Fsp3) is 0.300. The zero-order valence-corrected chi connectivity index (χ0v) is 11.4. The van der Waals surface area contributed by atoms with E-state index in [9.17, 15) is 13.2 Å². The van der Waals surface area contributed by atoms with Crippen molar-refractivity contribution in [3.63, 3.8) is 0 Å². The number of hydrogen-bond donors (Lipinski definition) is 1. The maximum atomic E-state index is 12.8. The highest BCUT2D eigenvalue weighted by Crippen LogP contribution is 2.36. The molecule has 0 aliphatic carbocycles. The molecule has 1 rings (SSSR count). The first-order chi connectivity index (χ1) is 7.66. The normalized spacial score (nSPS) is 13.5. The minimum atomic E-state index is -4.53. The first-order valence-electron chi connectivity index (χ1n) is 4.60. The highest BCUT2D eigenvalue weighted by molar-refractivity contribution is 14.1. The van der Waals surface area contributed by atoms with Gasteiger partial charge in [-0.25, -0.2) is 0 Å². The molecule has 0 bridgehead atoms. The number of aromatic amines is 1. The van der Waals surface area contributed by atoms with Gasteiger partial charge in [-0.1, -0.05) is 12.1 Å². The highest BCUT2D eigenvalue weighted by Gasteiger charge is 2.36. The molecular weight excluding hydrogens is 343 g/mol. The second-order valence-corrected chi connectivity index (χ2v) is 4.60. The Kier molecular flexibility index (Phi) is 4.11. The molecule has 0 atom stereocenters. The Balaban J connectivity index is 3.51. The molecule has 0 aliphatic heterocycles. The number of rotatable bonds is 2. The molecule has 0 saturated carbocycles.